The quantitative estimate of drug-likeness (QED) is 0.754. The predicted molar refractivity (Wildman–Crippen MR) is 86.9 cm³/mol. The highest BCUT2D eigenvalue weighted by Crippen LogP contribution is 2.19. The number of carbonyl (C=O) groups is 1. The van der Waals surface area contributed by atoms with Gasteiger partial charge in [0, 0.05) is 18.7 Å². The third-order valence-electron chi connectivity index (χ3n) is 3.24. The second-order valence-electron chi connectivity index (χ2n) is 4.99. The first-order valence-corrected chi connectivity index (χ1v) is 7.40. The number of hydrogen-bond acceptors (Lipinski definition) is 4. The van der Waals surface area contributed by atoms with Crippen LogP contribution in [0.3, 0.4) is 0 Å². The number of para-hydroxylation sites is 1. The molecule has 0 aliphatic heterocycles. The molecule has 2 N–H and O–H groups in total. The highest BCUT2D eigenvalue weighted by atomic mass is 19.1. The molecule has 3 aromatic rings. The second kappa shape index (κ2) is 7.36. The molecule has 0 atom stereocenters. The van der Waals surface area contributed by atoms with Crippen molar-refractivity contribution >= 4 is 11.7 Å². The van der Waals surface area contributed by atoms with E-state index in [0.717, 1.165) is 0 Å². The largest absolute Gasteiger partial charge is 0.339 e. The Morgan fingerprint density at radius 1 is 1.08 bits per heavy atom. The average molecular weight is 326 g/mol. The van der Waals surface area contributed by atoms with Crippen molar-refractivity contribution in [3.63, 3.8) is 0 Å². The number of benzene rings is 2. The highest BCUT2D eigenvalue weighted by Gasteiger charge is 2.12. The molecule has 1 heterocycles. The number of halogens is 1. The van der Waals surface area contributed by atoms with Crippen LogP contribution in [0.15, 0.2) is 59.1 Å². The van der Waals surface area contributed by atoms with E-state index in [9.17, 15) is 9.18 Å². The van der Waals surface area contributed by atoms with Crippen molar-refractivity contribution in [1.82, 2.24) is 15.5 Å². The molecule has 0 aliphatic carbocycles. The van der Waals surface area contributed by atoms with Crippen LogP contribution in [-0.4, -0.2) is 22.7 Å². The zero-order chi connectivity index (χ0) is 16.8. The summed E-state index contributed by atoms with van der Waals surface area (Å²) >= 11 is 0. The minimum absolute atomic E-state index is 0.192. The molecule has 3 rings (SSSR count). The SMILES string of the molecule is O=C(NCCc1nc(-c2ccccc2F)no1)Nc1ccccc1. The monoisotopic (exact) mass is 326 g/mol. The fraction of sp³-hybridized carbons (Fsp3) is 0.118. The molecular formula is C17H15FN4O2. The molecule has 122 valence electrons. The maximum Gasteiger partial charge on any atom is 0.319 e. The van der Waals surface area contributed by atoms with E-state index in [0.29, 0.717) is 24.5 Å². The first-order chi connectivity index (χ1) is 11.7. The van der Waals surface area contributed by atoms with E-state index in [-0.39, 0.29) is 17.4 Å². The van der Waals surface area contributed by atoms with Gasteiger partial charge in [-0.1, -0.05) is 35.5 Å². The van der Waals surface area contributed by atoms with Crippen LogP contribution in [-0.2, 0) is 6.42 Å². The van der Waals surface area contributed by atoms with Crippen molar-refractivity contribution in [3.05, 3.63) is 66.3 Å². The van der Waals surface area contributed by atoms with Crippen molar-refractivity contribution in [2.24, 2.45) is 0 Å². The summed E-state index contributed by atoms with van der Waals surface area (Å²) in [6, 6.07) is 15.0. The van der Waals surface area contributed by atoms with E-state index < -0.39 is 5.82 Å². The average Bonchev–Trinajstić information content (AvgIpc) is 3.05. The number of aromatic nitrogens is 2. The van der Waals surface area contributed by atoms with Gasteiger partial charge in [-0.25, -0.2) is 9.18 Å². The molecule has 2 aromatic carbocycles. The summed E-state index contributed by atoms with van der Waals surface area (Å²) in [6.07, 6.45) is 0.351. The van der Waals surface area contributed by atoms with Crippen molar-refractivity contribution in [2.75, 3.05) is 11.9 Å². The second-order valence-corrected chi connectivity index (χ2v) is 4.99. The minimum atomic E-state index is -0.412. The van der Waals surface area contributed by atoms with Gasteiger partial charge in [0.15, 0.2) is 0 Å². The summed E-state index contributed by atoms with van der Waals surface area (Å²) < 4.78 is 18.7. The Morgan fingerprint density at radius 3 is 2.62 bits per heavy atom. The van der Waals surface area contributed by atoms with Crippen LogP contribution in [0.2, 0.25) is 0 Å². The van der Waals surface area contributed by atoms with Gasteiger partial charge in [0.2, 0.25) is 11.7 Å². The fourth-order valence-corrected chi connectivity index (χ4v) is 2.09. The maximum absolute atomic E-state index is 13.7. The third kappa shape index (κ3) is 3.95. The number of rotatable bonds is 5. The molecule has 2 amide bonds. The Hall–Kier alpha value is -3.22. The van der Waals surface area contributed by atoms with Gasteiger partial charge < -0.3 is 15.2 Å². The number of hydrogen-bond donors (Lipinski definition) is 2. The van der Waals surface area contributed by atoms with Gasteiger partial charge in [-0.2, -0.15) is 4.98 Å². The van der Waals surface area contributed by atoms with Crippen LogP contribution in [0.4, 0.5) is 14.9 Å². The lowest BCUT2D eigenvalue weighted by Gasteiger charge is -2.05. The Morgan fingerprint density at radius 2 is 1.83 bits per heavy atom. The maximum atomic E-state index is 13.7. The van der Waals surface area contributed by atoms with Crippen LogP contribution < -0.4 is 10.6 Å². The molecule has 0 unspecified atom stereocenters. The Labute approximate surface area is 137 Å². The minimum Gasteiger partial charge on any atom is -0.339 e. The molecule has 0 aliphatic rings. The molecule has 0 radical (unpaired) electrons. The lowest BCUT2D eigenvalue weighted by Crippen LogP contribution is -2.30. The normalized spacial score (nSPS) is 10.4. The molecule has 0 saturated carbocycles. The van der Waals surface area contributed by atoms with Gasteiger partial charge in [-0.05, 0) is 24.3 Å². The number of urea groups is 1. The van der Waals surface area contributed by atoms with Crippen LogP contribution in [0, 0.1) is 5.82 Å². The highest BCUT2D eigenvalue weighted by molar-refractivity contribution is 5.89. The summed E-state index contributed by atoms with van der Waals surface area (Å²) in [7, 11) is 0. The molecule has 1 aromatic heterocycles. The summed E-state index contributed by atoms with van der Waals surface area (Å²) in [6.45, 7) is 0.317. The molecular weight excluding hydrogens is 311 g/mol. The van der Waals surface area contributed by atoms with Gasteiger partial charge in [0.25, 0.3) is 0 Å². The molecule has 0 spiro atoms. The molecule has 24 heavy (non-hydrogen) atoms. The van der Waals surface area contributed by atoms with Gasteiger partial charge in [-0.3, -0.25) is 0 Å². The number of nitrogens with one attached hydrogen (secondary N) is 2. The van der Waals surface area contributed by atoms with Crippen molar-refractivity contribution in [2.45, 2.75) is 6.42 Å². The van der Waals surface area contributed by atoms with E-state index in [1.807, 2.05) is 18.2 Å². The number of amides is 2. The molecule has 0 bridgehead atoms. The van der Waals surface area contributed by atoms with E-state index >= 15 is 0 Å². The summed E-state index contributed by atoms with van der Waals surface area (Å²) in [4.78, 5) is 15.9. The van der Waals surface area contributed by atoms with Crippen molar-refractivity contribution in [1.29, 1.82) is 0 Å². The third-order valence-corrected chi connectivity index (χ3v) is 3.24. The van der Waals surface area contributed by atoms with Crippen molar-refractivity contribution in [3.8, 4) is 11.4 Å². The van der Waals surface area contributed by atoms with E-state index in [1.165, 1.54) is 6.07 Å². The van der Waals surface area contributed by atoms with Crippen molar-refractivity contribution < 1.29 is 13.7 Å². The van der Waals surface area contributed by atoms with Gasteiger partial charge in [-0.15, -0.1) is 0 Å². The standard InChI is InChI=1S/C17H15FN4O2/c18-14-9-5-4-8-13(14)16-21-15(24-22-16)10-11-19-17(23)20-12-6-2-1-3-7-12/h1-9H,10-11H2,(H2,19,20,23). The van der Waals surface area contributed by atoms with Crippen LogP contribution >= 0.6 is 0 Å². The Balaban J connectivity index is 1.51. The zero-order valence-corrected chi connectivity index (χ0v) is 12.7. The van der Waals surface area contributed by atoms with Gasteiger partial charge >= 0.3 is 6.03 Å². The summed E-state index contributed by atoms with van der Waals surface area (Å²) in [5.74, 6) is 0.107. The fourth-order valence-electron chi connectivity index (χ4n) is 2.09. The number of carbonyl (C=O) groups excluding carboxylic acids is 1. The first-order valence-electron chi connectivity index (χ1n) is 7.40. The molecule has 6 nitrogen and oxygen atoms in total. The molecule has 7 heteroatoms. The number of anilines is 1. The van der Waals surface area contributed by atoms with E-state index in [4.69, 9.17) is 4.52 Å². The van der Waals surface area contributed by atoms with Gasteiger partial charge in [0.05, 0.1) is 5.56 Å². The topological polar surface area (TPSA) is 80.1 Å². The lowest BCUT2D eigenvalue weighted by atomic mass is 10.2. The van der Waals surface area contributed by atoms with Crippen LogP contribution in [0.25, 0.3) is 11.4 Å². The smallest absolute Gasteiger partial charge is 0.319 e. The Kier molecular flexibility index (Phi) is 4.81. The van der Waals surface area contributed by atoms with Gasteiger partial charge in [0.1, 0.15) is 5.82 Å². The molecule has 0 saturated heterocycles. The van der Waals surface area contributed by atoms with Crippen LogP contribution in [0.5, 0.6) is 0 Å². The Bertz CT molecular complexity index is 820. The zero-order valence-electron chi connectivity index (χ0n) is 12.7. The summed E-state index contributed by atoms with van der Waals surface area (Å²) in [5.41, 5.74) is 0.983. The number of nitrogens with zero attached hydrogens (tertiary/aromatic N) is 2. The first kappa shape index (κ1) is 15.7. The molecule has 0 fully saturated rings. The van der Waals surface area contributed by atoms with Crippen LogP contribution in [0.1, 0.15) is 5.89 Å². The lowest BCUT2D eigenvalue weighted by molar-refractivity contribution is 0.252. The van der Waals surface area contributed by atoms with E-state index in [1.54, 1.807) is 30.3 Å². The predicted octanol–water partition coefficient (Wildman–Crippen LogP) is 3.24. The summed E-state index contributed by atoms with van der Waals surface area (Å²) in [5, 5.41) is 9.15. The van der Waals surface area contributed by atoms with E-state index in [2.05, 4.69) is 20.8 Å².